The summed E-state index contributed by atoms with van der Waals surface area (Å²) in [6.07, 6.45) is 0. The van der Waals surface area contributed by atoms with Gasteiger partial charge in [-0.1, -0.05) is 48.5 Å². The molecule has 0 spiro atoms. The van der Waals surface area contributed by atoms with Gasteiger partial charge in [-0.05, 0) is 64.6 Å². The summed E-state index contributed by atoms with van der Waals surface area (Å²) < 4.78 is 1.08. The minimum absolute atomic E-state index is 0.290. The van der Waals surface area contributed by atoms with Crippen molar-refractivity contribution in [2.75, 3.05) is 5.32 Å². The minimum atomic E-state index is -0.789. The first-order valence-corrected chi connectivity index (χ1v) is 9.18. The molecule has 0 aliphatic heterocycles. The van der Waals surface area contributed by atoms with Gasteiger partial charge in [0, 0.05) is 14.8 Å². The molecule has 1 atom stereocenters. The lowest BCUT2D eigenvalue weighted by atomic mass is 10.1. The van der Waals surface area contributed by atoms with Gasteiger partial charge in [-0.15, -0.1) is 0 Å². The quantitative estimate of drug-likeness (QED) is 0.560. The van der Waals surface area contributed by atoms with Crippen LogP contribution in [0.3, 0.4) is 0 Å². The standard InChI is InChI=1S/C21H17IN2O2/c22-17-11-13-18(14-12-17)23-21(26)19(15-7-3-1-4-8-15)24-20(25)16-9-5-2-6-10-16/h1-14,19H,(H,23,26)(H,24,25). The molecule has 0 saturated heterocycles. The number of benzene rings is 3. The van der Waals surface area contributed by atoms with Crippen LogP contribution in [0.25, 0.3) is 0 Å². The molecule has 3 rings (SSSR count). The van der Waals surface area contributed by atoms with Gasteiger partial charge in [0.05, 0.1) is 0 Å². The zero-order chi connectivity index (χ0) is 18.4. The molecule has 0 heterocycles. The van der Waals surface area contributed by atoms with Crippen LogP contribution in [0.2, 0.25) is 0 Å². The molecule has 3 aromatic rings. The van der Waals surface area contributed by atoms with E-state index in [4.69, 9.17) is 0 Å². The SMILES string of the molecule is O=C(NC(C(=O)Nc1ccc(I)cc1)c1ccccc1)c1ccccc1. The van der Waals surface area contributed by atoms with Crippen molar-refractivity contribution in [1.82, 2.24) is 5.32 Å². The summed E-state index contributed by atoms with van der Waals surface area (Å²) >= 11 is 2.21. The Morgan fingerprint density at radius 1 is 0.769 bits per heavy atom. The third kappa shape index (κ3) is 4.70. The normalized spacial score (nSPS) is 11.4. The van der Waals surface area contributed by atoms with Crippen LogP contribution in [0.15, 0.2) is 84.9 Å². The van der Waals surface area contributed by atoms with Gasteiger partial charge in [0.15, 0.2) is 0 Å². The second-order valence-corrected chi connectivity index (χ2v) is 6.92. The largest absolute Gasteiger partial charge is 0.336 e. The highest BCUT2D eigenvalue weighted by molar-refractivity contribution is 14.1. The Labute approximate surface area is 165 Å². The first-order valence-electron chi connectivity index (χ1n) is 8.11. The van der Waals surface area contributed by atoms with E-state index in [1.54, 1.807) is 24.3 Å². The maximum Gasteiger partial charge on any atom is 0.252 e. The molecule has 4 nitrogen and oxygen atoms in total. The fourth-order valence-electron chi connectivity index (χ4n) is 2.50. The lowest BCUT2D eigenvalue weighted by Crippen LogP contribution is -2.37. The minimum Gasteiger partial charge on any atom is -0.336 e. The number of hydrogen-bond donors (Lipinski definition) is 2. The summed E-state index contributed by atoms with van der Waals surface area (Å²) in [6.45, 7) is 0. The Bertz CT molecular complexity index is 881. The van der Waals surface area contributed by atoms with Gasteiger partial charge < -0.3 is 10.6 Å². The van der Waals surface area contributed by atoms with Gasteiger partial charge >= 0.3 is 0 Å². The fraction of sp³-hybridized carbons (Fsp3) is 0.0476. The fourth-order valence-corrected chi connectivity index (χ4v) is 2.86. The number of carbonyl (C=O) groups excluding carboxylic acids is 2. The molecular weight excluding hydrogens is 439 g/mol. The molecule has 0 aliphatic rings. The maximum absolute atomic E-state index is 12.8. The number of amides is 2. The van der Waals surface area contributed by atoms with Gasteiger partial charge in [-0.3, -0.25) is 9.59 Å². The lowest BCUT2D eigenvalue weighted by molar-refractivity contribution is -0.118. The van der Waals surface area contributed by atoms with Crippen molar-refractivity contribution in [2.45, 2.75) is 6.04 Å². The van der Waals surface area contributed by atoms with Crippen LogP contribution in [0.1, 0.15) is 22.0 Å². The number of hydrogen-bond acceptors (Lipinski definition) is 2. The van der Waals surface area contributed by atoms with Crippen molar-refractivity contribution < 1.29 is 9.59 Å². The number of halogens is 1. The molecule has 3 aromatic carbocycles. The first kappa shape index (κ1) is 18.1. The summed E-state index contributed by atoms with van der Waals surface area (Å²) in [6, 6.07) is 24.8. The third-order valence-electron chi connectivity index (χ3n) is 3.82. The third-order valence-corrected chi connectivity index (χ3v) is 4.54. The topological polar surface area (TPSA) is 58.2 Å². The van der Waals surface area contributed by atoms with Crippen LogP contribution in [0, 0.1) is 3.57 Å². The number of carbonyl (C=O) groups is 2. The van der Waals surface area contributed by atoms with E-state index in [0.29, 0.717) is 11.3 Å². The van der Waals surface area contributed by atoms with Crippen molar-refractivity contribution in [3.63, 3.8) is 0 Å². The van der Waals surface area contributed by atoms with E-state index in [1.807, 2.05) is 60.7 Å². The van der Waals surface area contributed by atoms with Crippen molar-refractivity contribution in [3.05, 3.63) is 99.6 Å². The van der Waals surface area contributed by atoms with Crippen LogP contribution >= 0.6 is 22.6 Å². The van der Waals surface area contributed by atoms with Gasteiger partial charge in [-0.25, -0.2) is 0 Å². The van der Waals surface area contributed by atoms with E-state index in [2.05, 4.69) is 33.2 Å². The zero-order valence-electron chi connectivity index (χ0n) is 13.9. The van der Waals surface area contributed by atoms with Crippen molar-refractivity contribution in [2.24, 2.45) is 0 Å². The van der Waals surface area contributed by atoms with Gasteiger partial charge in [0.1, 0.15) is 6.04 Å². The zero-order valence-corrected chi connectivity index (χ0v) is 16.0. The molecule has 0 aliphatic carbocycles. The summed E-state index contributed by atoms with van der Waals surface area (Å²) in [5.74, 6) is -0.584. The molecule has 0 aromatic heterocycles. The second kappa shape index (κ2) is 8.62. The molecule has 0 radical (unpaired) electrons. The number of rotatable bonds is 5. The molecule has 2 amide bonds. The Hall–Kier alpha value is -2.67. The predicted molar refractivity (Wildman–Crippen MR) is 111 cm³/mol. The van der Waals surface area contributed by atoms with Crippen LogP contribution in [0.5, 0.6) is 0 Å². The number of nitrogens with one attached hydrogen (secondary N) is 2. The van der Waals surface area contributed by atoms with E-state index in [1.165, 1.54) is 0 Å². The van der Waals surface area contributed by atoms with Gasteiger partial charge in [0.25, 0.3) is 11.8 Å². The van der Waals surface area contributed by atoms with Crippen LogP contribution in [-0.2, 0) is 4.79 Å². The van der Waals surface area contributed by atoms with Gasteiger partial charge in [0.2, 0.25) is 0 Å². The number of anilines is 1. The van der Waals surface area contributed by atoms with E-state index >= 15 is 0 Å². The monoisotopic (exact) mass is 456 g/mol. The summed E-state index contributed by atoms with van der Waals surface area (Å²) in [5.41, 5.74) is 1.92. The highest BCUT2D eigenvalue weighted by Crippen LogP contribution is 2.18. The van der Waals surface area contributed by atoms with Crippen molar-refractivity contribution in [1.29, 1.82) is 0 Å². The van der Waals surface area contributed by atoms with Gasteiger partial charge in [-0.2, -0.15) is 0 Å². The average molecular weight is 456 g/mol. The highest BCUT2D eigenvalue weighted by Gasteiger charge is 2.23. The smallest absolute Gasteiger partial charge is 0.252 e. The molecule has 5 heteroatoms. The van der Waals surface area contributed by atoms with Crippen molar-refractivity contribution >= 4 is 40.1 Å². The van der Waals surface area contributed by atoms with E-state index < -0.39 is 6.04 Å². The Morgan fingerprint density at radius 2 is 1.35 bits per heavy atom. The van der Waals surface area contributed by atoms with Crippen LogP contribution < -0.4 is 10.6 Å². The predicted octanol–water partition coefficient (Wildman–Crippen LogP) is 4.40. The molecule has 1 unspecified atom stereocenters. The molecule has 130 valence electrons. The summed E-state index contributed by atoms with van der Waals surface area (Å²) in [7, 11) is 0. The second-order valence-electron chi connectivity index (χ2n) is 5.68. The Balaban J connectivity index is 1.82. The maximum atomic E-state index is 12.8. The Morgan fingerprint density at radius 3 is 1.96 bits per heavy atom. The average Bonchev–Trinajstić information content (AvgIpc) is 2.69. The highest BCUT2D eigenvalue weighted by atomic mass is 127. The lowest BCUT2D eigenvalue weighted by Gasteiger charge is -2.19. The van der Waals surface area contributed by atoms with Crippen molar-refractivity contribution in [3.8, 4) is 0 Å². The molecule has 26 heavy (non-hydrogen) atoms. The molecular formula is C21H17IN2O2. The van der Waals surface area contributed by atoms with Crippen LogP contribution in [-0.4, -0.2) is 11.8 Å². The molecule has 0 saturated carbocycles. The van der Waals surface area contributed by atoms with E-state index in [-0.39, 0.29) is 11.8 Å². The van der Waals surface area contributed by atoms with E-state index in [0.717, 1.165) is 9.13 Å². The molecule has 0 bridgehead atoms. The summed E-state index contributed by atoms with van der Waals surface area (Å²) in [4.78, 5) is 25.4. The van der Waals surface area contributed by atoms with Crippen LogP contribution in [0.4, 0.5) is 5.69 Å². The Kier molecular flexibility index (Phi) is 6.01. The molecule has 0 fully saturated rings. The molecule has 2 N–H and O–H groups in total. The van der Waals surface area contributed by atoms with E-state index in [9.17, 15) is 9.59 Å². The summed E-state index contributed by atoms with van der Waals surface area (Å²) in [5, 5.41) is 5.70. The first-order chi connectivity index (χ1) is 12.6.